The number of nitrogens with zero attached hydrogens (tertiary/aromatic N) is 2. The predicted octanol–water partition coefficient (Wildman–Crippen LogP) is 2.92. The van der Waals surface area contributed by atoms with E-state index in [0.717, 1.165) is 11.2 Å². The maximum absolute atomic E-state index is 13.2. The van der Waals surface area contributed by atoms with Gasteiger partial charge in [-0.25, -0.2) is 4.79 Å². The van der Waals surface area contributed by atoms with Crippen LogP contribution >= 0.6 is 0 Å². The summed E-state index contributed by atoms with van der Waals surface area (Å²) in [4.78, 5) is 78.0. The molecule has 0 rings (SSSR count). The van der Waals surface area contributed by atoms with Crippen molar-refractivity contribution in [3.63, 3.8) is 0 Å². The van der Waals surface area contributed by atoms with Crippen LogP contribution in [0.2, 0.25) is 18.1 Å². The summed E-state index contributed by atoms with van der Waals surface area (Å²) in [5, 5.41) is 7.50. The molecule has 4 atom stereocenters. The van der Waals surface area contributed by atoms with Crippen molar-refractivity contribution in [3.8, 4) is 0 Å². The number of hydrogen-bond acceptors (Lipinski definition) is 7. The third kappa shape index (κ3) is 13.2. The number of nitrogens with one attached hydrogen (secondary N) is 3. The van der Waals surface area contributed by atoms with E-state index in [1.54, 1.807) is 0 Å². The predicted molar refractivity (Wildman–Crippen MR) is 170 cm³/mol. The number of rotatable bonds is 16. The van der Waals surface area contributed by atoms with Crippen LogP contribution in [0.15, 0.2) is 0 Å². The van der Waals surface area contributed by atoms with Gasteiger partial charge in [-0.3, -0.25) is 24.5 Å². The van der Waals surface area contributed by atoms with Crippen LogP contribution < -0.4 is 16.0 Å². The Morgan fingerprint density at radius 1 is 0.953 bits per heavy atom. The summed E-state index contributed by atoms with van der Waals surface area (Å²) in [7, 11) is 2.07. The minimum atomic E-state index is -2.28. The molecule has 0 aliphatic heterocycles. The summed E-state index contributed by atoms with van der Waals surface area (Å²) in [6.07, 6.45) is 0.674. The number of imide groups is 1. The normalized spacial score (nSPS) is 14.8. The third-order valence-corrected chi connectivity index (χ3v) is 12.6. The molecule has 0 aromatic rings. The fourth-order valence-electron chi connectivity index (χ4n) is 4.05. The van der Waals surface area contributed by atoms with E-state index in [1.165, 1.54) is 26.0 Å². The van der Waals surface area contributed by atoms with E-state index in [4.69, 9.17) is 4.43 Å². The molecule has 0 aliphatic carbocycles. The Bertz CT molecular complexity index is 980. The molecular formula is C30H57N5O7Si. The topological polar surface area (TPSA) is 154 Å². The first-order valence-electron chi connectivity index (χ1n) is 15.0. The lowest BCUT2D eigenvalue weighted by Crippen LogP contribution is -2.56. The molecule has 0 saturated carbocycles. The van der Waals surface area contributed by atoms with E-state index in [1.807, 2.05) is 34.6 Å². The first-order chi connectivity index (χ1) is 19.6. The molecule has 43 heavy (non-hydrogen) atoms. The van der Waals surface area contributed by atoms with Crippen LogP contribution in [0, 0.1) is 17.8 Å². The molecule has 0 saturated heterocycles. The van der Waals surface area contributed by atoms with Crippen LogP contribution in [0.1, 0.15) is 74.7 Å². The van der Waals surface area contributed by atoms with Gasteiger partial charge in [0, 0.05) is 27.6 Å². The van der Waals surface area contributed by atoms with Gasteiger partial charge in [-0.2, -0.15) is 0 Å². The van der Waals surface area contributed by atoms with Crippen LogP contribution in [0.4, 0.5) is 4.79 Å². The molecule has 0 bridgehead atoms. The standard InChI is InChI=1S/C30H57N5O7Si/c1-19(2)16-22(27(39)33-26(20(3)4)28(40)31-9)35(11)25(38)18-34(10)29(41)32-24(37)17-23(21(5)14-15-36)42-43(12,13)30(6,7)8/h15,19-23,26H,14,16-18H2,1-13H3,(H,31,40)(H,33,39)(H,32,37,41)/t21-,22+,23+,26+/m1/s1. The molecule has 0 unspecified atom stereocenters. The molecule has 0 aromatic heterocycles. The SMILES string of the molecule is CNC(=O)[C@@H](NC(=O)[C@H](CC(C)C)N(C)C(=O)CN(C)C(=O)NC(=O)C[C@H](O[Si](C)(C)C(C)(C)C)[C@H](C)CC=O)C(C)C. The summed E-state index contributed by atoms with van der Waals surface area (Å²) >= 11 is 0. The van der Waals surface area contributed by atoms with Crippen LogP contribution in [0.25, 0.3) is 0 Å². The number of urea groups is 1. The quantitative estimate of drug-likeness (QED) is 0.176. The van der Waals surface area contributed by atoms with Crippen molar-refractivity contribution in [1.29, 1.82) is 0 Å². The largest absolute Gasteiger partial charge is 0.413 e. The van der Waals surface area contributed by atoms with Gasteiger partial charge in [-0.05, 0) is 42.3 Å². The van der Waals surface area contributed by atoms with E-state index in [2.05, 4.69) is 49.8 Å². The highest BCUT2D eigenvalue weighted by Gasteiger charge is 2.41. The minimum Gasteiger partial charge on any atom is -0.413 e. The van der Waals surface area contributed by atoms with Gasteiger partial charge in [0.25, 0.3) is 0 Å². The lowest BCUT2D eigenvalue weighted by molar-refractivity contribution is -0.141. The van der Waals surface area contributed by atoms with Crippen molar-refractivity contribution in [2.45, 2.75) is 111 Å². The van der Waals surface area contributed by atoms with E-state index in [9.17, 15) is 28.8 Å². The smallest absolute Gasteiger partial charge is 0.324 e. The van der Waals surface area contributed by atoms with Gasteiger partial charge in [-0.15, -0.1) is 0 Å². The fraction of sp³-hybridized carbons (Fsp3) is 0.800. The van der Waals surface area contributed by atoms with E-state index in [0.29, 0.717) is 6.42 Å². The van der Waals surface area contributed by atoms with E-state index < -0.39 is 50.3 Å². The summed E-state index contributed by atoms with van der Waals surface area (Å²) in [6.45, 7) is 19.3. The molecule has 3 N–H and O–H groups in total. The number of hydrogen-bond donors (Lipinski definition) is 3. The second-order valence-electron chi connectivity index (χ2n) is 13.7. The number of aldehydes is 1. The van der Waals surface area contributed by atoms with Crippen molar-refractivity contribution >= 4 is 44.3 Å². The van der Waals surface area contributed by atoms with Gasteiger partial charge in [0.05, 0.1) is 12.5 Å². The Labute approximate surface area is 259 Å². The van der Waals surface area contributed by atoms with Crippen LogP contribution in [-0.4, -0.2) is 99.9 Å². The number of carbonyl (C=O) groups excluding carboxylic acids is 6. The second-order valence-corrected chi connectivity index (χ2v) is 18.5. The van der Waals surface area contributed by atoms with E-state index >= 15 is 0 Å². The zero-order valence-corrected chi connectivity index (χ0v) is 29.6. The Balaban J connectivity index is 5.55. The van der Waals surface area contributed by atoms with Crippen LogP contribution in [0.5, 0.6) is 0 Å². The van der Waals surface area contributed by atoms with Crippen LogP contribution in [0.3, 0.4) is 0 Å². The number of likely N-dealkylation sites (N-methyl/N-ethyl adjacent to an activating group) is 3. The number of amides is 6. The van der Waals surface area contributed by atoms with Crippen LogP contribution in [-0.2, 0) is 28.4 Å². The second kappa shape index (κ2) is 17.5. The van der Waals surface area contributed by atoms with Gasteiger partial charge in [0.2, 0.25) is 23.6 Å². The summed E-state index contributed by atoms with van der Waals surface area (Å²) < 4.78 is 6.44. The molecule has 248 valence electrons. The highest BCUT2D eigenvalue weighted by Crippen LogP contribution is 2.38. The van der Waals surface area contributed by atoms with Crippen molar-refractivity contribution < 1.29 is 33.2 Å². The summed E-state index contributed by atoms with van der Waals surface area (Å²) in [6, 6.07) is -2.41. The van der Waals surface area contributed by atoms with Gasteiger partial charge < -0.3 is 29.7 Å². The molecule has 0 aromatic carbocycles. The molecule has 0 spiro atoms. The third-order valence-electron chi connectivity index (χ3n) is 8.06. The zero-order valence-electron chi connectivity index (χ0n) is 28.6. The Hall–Kier alpha value is -2.80. The Morgan fingerprint density at radius 3 is 1.95 bits per heavy atom. The van der Waals surface area contributed by atoms with Gasteiger partial charge in [0.15, 0.2) is 8.32 Å². The summed E-state index contributed by atoms with van der Waals surface area (Å²) in [5.41, 5.74) is 0. The molecule has 0 aliphatic rings. The van der Waals surface area contributed by atoms with Gasteiger partial charge in [-0.1, -0.05) is 55.4 Å². The Morgan fingerprint density at radius 2 is 1.51 bits per heavy atom. The monoisotopic (exact) mass is 627 g/mol. The lowest BCUT2D eigenvalue weighted by atomic mass is 9.99. The van der Waals surface area contributed by atoms with Gasteiger partial charge >= 0.3 is 6.03 Å². The van der Waals surface area contributed by atoms with Crippen molar-refractivity contribution in [2.24, 2.45) is 17.8 Å². The first-order valence-corrected chi connectivity index (χ1v) is 17.9. The molecule has 0 heterocycles. The average molecular weight is 628 g/mol. The van der Waals surface area contributed by atoms with Crippen molar-refractivity contribution in [1.82, 2.24) is 25.8 Å². The van der Waals surface area contributed by atoms with E-state index in [-0.39, 0.29) is 48.1 Å². The molecule has 6 amide bonds. The molecule has 12 nitrogen and oxygen atoms in total. The average Bonchev–Trinajstić information content (AvgIpc) is 2.87. The van der Waals surface area contributed by atoms with Crippen molar-refractivity contribution in [3.05, 3.63) is 0 Å². The first kappa shape index (κ1) is 40.2. The molecular weight excluding hydrogens is 570 g/mol. The molecule has 0 fully saturated rings. The summed E-state index contributed by atoms with van der Waals surface area (Å²) in [5.74, 6) is -2.24. The fourth-order valence-corrected chi connectivity index (χ4v) is 5.48. The lowest BCUT2D eigenvalue weighted by Gasteiger charge is -2.40. The minimum absolute atomic E-state index is 0.0604. The maximum Gasteiger partial charge on any atom is 0.324 e. The molecule has 13 heteroatoms. The zero-order chi connectivity index (χ0) is 33.9. The molecule has 0 radical (unpaired) electrons. The number of carbonyl (C=O) groups is 6. The Kier molecular flexibility index (Phi) is 16.3. The van der Waals surface area contributed by atoms with Gasteiger partial charge in [0.1, 0.15) is 24.9 Å². The maximum atomic E-state index is 13.2. The van der Waals surface area contributed by atoms with Crippen molar-refractivity contribution in [2.75, 3.05) is 27.7 Å². The highest BCUT2D eigenvalue weighted by atomic mass is 28.4. The highest BCUT2D eigenvalue weighted by molar-refractivity contribution is 6.74.